The molecule has 5 nitrogen and oxygen atoms in total. The number of thiocarbonyl (C=S) groups is 1. The second-order valence-corrected chi connectivity index (χ2v) is 5.25. The third kappa shape index (κ3) is 2.49. The van der Waals surface area contributed by atoms with Gasteiger partial charge in [0, 0.05) is 6.20 Å². The smallest absolute Gasteiger partial charge is 0.186 e. The molecule has 6 heteroatoms. The van der Waals surface area contributed by atoms with Crippen LogP contribution in [0.1, 0.15) is 42.3 Å². The van der Waals surface area contributed by atoms with E-state index in [0.29, 0.717) is 16.7 Å². The molecule has 0 unspecified atom stereocenters. The van der Waals surface area contributed by atoms with E-state index < -0.39 is 0 Å². The van der Waals surface area contributed by atoms with Crippen LogP contribution in [-0.2, 0) is 0 Å². The zero-order valence-corrected chi connectivity index (χ0v) is 12.3. The molecule has 2 rings (SSSR count). The standard InChI is InChI=1S/C13H17N5S/c1-7(2)10-5-6-18(17-10)13-11(12(14)19)8(3)9(4)15-16-13/h5-7H,1-4H3,(H2,14,19). The first-order valence-corrected chi connectivity index (χ1v) is 6.52. The number of nitrogens with two attached hydrogens (primary N) is 1. The summed E-state index contributed by atoms with van der Waals surface area (Å²) in [4.78, 5) is 0.312. The number of rotatable bonds is 3. The molecule has 100 valence electrons. The predicted molar refractivity (Wildman–Crippen MR) is 78.6 cm³/mol. The monoisotopic (exact) mass is 275 g/mol. The molecule has 0 atom stereocenters. The fraction of sp³-hybridized carbons (Fsp3) is 0.385. The van der Waals surface area contributed by atoms with E-state index in [1.54, 1.807) is 4.68 Å². The van der Waals surface area contributed by atoms with Crippen molar-refractivity contribution in [2.24, 2.45) is 5.73 Å². The molecule has 0 aliphatic carbocycles. The minimum atomic E-state index is 0.312. The van der Waals surface area contributed by atoms with Gasteiger partial charge in [-0.25, -0.2) is 4.68 Å². The molecule has 2 N–H and O–H groups in total. The summed E-state index contributed by atoms with van der Waals surface area (Å²) in [5.41, 5.74) is 9.31. The Morgan fingerprint density at radius 1 is 1.32 bits per heavy atom. The lowest BCUT2D eigenvalue weighted by molar-refractivity contribution is 0.742. The van der Waals surface area contributed by atoms with E-state index in [0.717, 1.165) is 22.5 Å². The summed E-state index contributed by atoms with van der Waals surface area (Å²) in [6.07, 6.45) is 1.86. The average molecular weight is 275 g/mol. The molecule has 2 heterocycles. The van der Waals surface area contributed by atoms with E-state index >= 15 is 0 Å². The minimum Gasteiger partial charge on any atom is -0.389 e. The molecule has 2 aromatic heterocycles. The first-order valence-electron chi connectivity index (χ1n) is 6.11. The van der Waals surface area contributed by atoms with Crippen LogP contribution in [-0.4, -0.2) is 25.0 Å². The van der Waals surface area contributed by atoms with Gasteiger partial charge < -0.3 is 5.73 Å². The Bertz CT molecular complexity index is 630. The zero-order valence-electron chi connectivity index (χ0n) is 11.5. The van der Waals surface area contributed by atoms with Gasteiger partial charge in [0.25, 0.3) is 0 Å². The number of nitrogens with zero attached hydrogens (tertiary/aromatic N) is 4. The number of aromatic nitrogens is 4. The zero-order chi connectivity index (χ0) is 14.2. The molecule has 19 heavy (non-hydrogen) atoms. The quantitative estimate of drug-likeness (QED) is 0.868. The second kappa shape index (κ2) is 5.05. The van der Waals surface area contributed by atoms with E-state index in [9.17, 15) is 0 Å². The Hall–Kier alpha value is -1.82. The fourth-order valence-corrected chi connectivity index (χ4v) is 2.06. The van der Waals surface area contributed by atoms with Crippen LogP contribution in [0.15, 0.2) is 12.3 Å². The van der Waals surface area contributed by atoms with Crippen molar-refractivity contribution in [2.45, 2.75) is 33.6 Å². The third-order valence-electron chi connectivity index (χ3n) is 3.10. The summed E-state index contributed by atoms with van der Waals surface area (Å²) < 4.78 is 1.68. The highest BCUT2D eigenvalue weighted by Crippen LogP contribution is 2.19. The summed E-state index contributed by atoms with van der Waals surface area (Å²) >= 11 is 5.12. The molecule has 0 radical (unpaired) electrons. The Morgan fingerprint density at radius 2 is 2.00 bits per heavy atom. The van der Waals surface area contributed by atoms with Gasteiger partial charge in [-0.05, 0) is 31.4 Å². The van der Waals surface area contributed by atoms with Crippen LogP contribution in [0.5, 0.6) is 0 Å². The lowest BCUT2D eigenvalue weighted by Crippen LogP contribution is -2.19. The number of hydrogen-bond acceptors (Lipinski definition) is 4. The molecular weight excluding hydrogens is 258 g/mol. The molecule has 2 aromatic rings. The van der Waals surface area contributed by atoms with Crippen molar-refractivity contribution in [3.05, 3.63) is 34.8 Å². The van der Waals surface area contributed by atoms with E-state index in [4.69, 9.17) is 18.0 Å². The SMILES string of the molecule is Cc1nnc(-n2ccc(C(C)C)n2)c(C(N)=S)c1C. The highest BCUT2D eigenvalue weighted by molar-refractivity contribution is 7.80. The van der Waals surface area contributed by atoms with Gasteiger partial charge in [-0.1, -0.05) is 26.1 Å². The van der Waals surface area contributed by atoms with Gasteiger partial charge in [0.05, 0.1) is 17.0 Å². The largest absolute Gasteiger partial charge is 0.389 e. The lowest BCUT2D eigenvalue weighted by Gasteiger charge is -2.11. The molecule has 0 spiro atoms. The van der Waals surface area contributed by atoms with Crippen molar-refractivity contribution in [2.75, 3.05) is 0 Å². The molecule has 0 aliphatic heterocycles. The Morgan fingerprint density at radius 3 is 2.53 bits per heavy atom. The van der Waals surface area contributed by atoms with E-state index in [-0.39, 0.29) is 0 Å². The fourth-order valence-electron chi connectivity index (χ4n) is 1.82. The highest BCUT2D eigenvalue weighted by atomic mass is 32.1. The van der Waals surface area contributed by atoms with Gasteiger partial charge >= 0.3 is 0 Å². The first kappa shape index (κ1) is 13.6. The van der Waals surface area contributed by atoms with Crippen molar-refractivity contribution in [3.8, 4) is 5.82 Å². The maximum Gasteiger partial charge on any atom is 0.186 e. The average Bonchev–Trinajstić information content (AvgIpc) is 2.81. The molecule has 0 bridgehead atoms. The van der Waals surface area contributed by atoms with Crippen LogP contribution >= 0.6 is 12.2 Å². The van der Waals surface area contributed by atoms with Gasteiger partial charge in [-0.3, -0.25) is 0 Å². The van der Waals surface area contributed by atoms with Gasteiger partial charge in [-0.15, -0.1) is 5.10 Å². The molecule has 0 aliphatic rings. The molecule has 0 fully saturated rings. The van der Waals surface area contributed by atoms with Crippen molar-refractivity contribution in [1.82, 2.24) is 20.0 Å². The van der Waals surface area contributed by atoms with Crippen molar-refractivity contribution >= 4 is 17.2 Å². The van der Waals surface area contributed by atoms with Gasteiger partial charge in [0.15, 0.2) is 5.82 Å². The maximum absolute atomic E-state index is 5.81. The molecule has 0 saturated carbocycles. The van der Waals surface area contributed by atoms with E-state index in [1.165, 1.54) is 0 Å². The number of aryl methyl sites for hydroxylation is 1. The first-order chi connectivity index (χ1) is 8.91. The Labute approximate surface area is 117 Å². The summed E-state index contributed by atoms with van der Waals surface area (Å²) in [5.74, 6) is 0.941. The normalized spacial score (nSPS) is 11.0. The van der Waals surface area contributed by atoms with Crippen LogP contribution in [0.3, 0.4) is 0 Å². The van der Waals surface area contributed by atoms with Crippen LogP contribution < -0.4 is 5.73 Å². The number of hydrogen-bond donors (Lipinski definition) is 1. The molecule has 0 saturated heterocycles. The summed E-state index contributed by atoms with van der Waals surface area (Å²) in [7, 11) is 0. The second-order valence-electron chi connectivity index (χ2n) is 4.81. The van der Waals surface area contributed by atoms with Gasteiger partial charge in [-0.2, -0.15) is 10.2 Å². The minimum absolute atomic E-state index is 0.312. The van der Waals surface area contributed by atoms with Gasteiger partial charge in [0.1, 0.15) is 4.99 Å². The predicted octanol–water partition coefficient (Wildman–Crippen LogP) is 2.04. The van der Waals surface area contributed by atoms with Crippen molar-refractivity contribution in [1.29, 1.82) is 0 Å². The maximum atomic E-state index is 5.81. The Kier molecular flexibility index (Phi) is 3.61. The highest BCUT2D eigenvalue weighted by Gasteiger charge is 2.16. The van der Waals surface area contributed by atoms with Crippen LogP contribution in [0.2, 0.25) is 0 Å². The molecular formula is C13H17N5S. The van der Waals surface area contributed by atoms with Crippen LogP contribution in [0, 0.1) is 13.8 Å². The Balaban J connectivity index is 2.61. The van der Waals surface area contributed by atoms with E-state index in [1.807, 2.05) is 26.1 Å². The van der Waals surface area contributed by atoms with Gasteiger partial charge in [0.2, 0.25) is 0 Å². The lowest BCUT2D eigenvalue weighted by atomic mass is 10.1. The molecule has 0 amide bonds. The van der Waals surface area contributed by atoms with E-state index in [2.05, 4.69) is 29.1 Å². The summed E-state index contributed by atoms with van der Waals surface area (Å²) in [6.45, 7) is 8.01. The van der Waals surface area contributed by atoms with Crippen molar-refractivity contribution < 1.29 is 0 Å². The topological polar surface area (TPSA) is 69.6 Å². The van der Waals surface area contributed by atoms with Crippen LogP contribution in [0.25, 0.3) is 5.82 Å². The van der Waals surface area contributed by atoms with Crippen molar-refractivity contribution in [3.63, 3.8) is 0 Å². The third-order valence-corrected chi connectivity index (χ3v) is 3.30. The summed E-state index contributed by atoms with van der Waals surface area (Å²) in [5, 5.41) is 12.8. The van der Waals surface area contributed by atoms with Crippen LogP contribution in [0.4, 0.5) is 0 Å². The summed E-state index contributed by atoms with van der Waals surface area (Å²) in [6, 6.07) is 1.96. The molecule has 0 aromatic carbocycles.